The molecule has 0 spiro atoms. The van der Waals surface area contributed by atoms with Crippen LogP contribution in [0.1, 0.15) is 41.5 Å². The maximum absolute atomic E-state index is 12.5. The Balaban J connectivity index is 2.74. The van der Waals surface area contributed by atoms with Gasteiger partial charge < -0.3 is 4.74 Å². The lowest BCUT2D eigenvalue weighted by molar-refractivity contribution is -0.0886. The summed E-state index contributed by atoms with van der Waals surface area (Å²) in [5.74, 6) is -1.84. The Morgan fingerprint density at radius 3 is 2.50 bits per heavy atom. The SMILES string of the molecule is CCCCOCCn1nc(C)c(C(=O)C(F)(F)F)c1C. The number of carbonyl (C=O) groups excluding carboxylic acids is 1. The molecule has 0 unspecified atom stereocenters. The molecule has 0 radical (unpaired) electrons. The second kappa shape index (κ2) is 6.88. The standard InChI is InChI=1S/C13H19F3N2O2/c1-4-5-7-20-8-6-18-10(3)11(9(2)17-18)12(19)13(14,15)16/h4-8H2,1-3H3. The maximum Gasteiger partial charge on any atom is 0.455 e. The summed E-state index contributed by atoms with van der Waals surface area (Å²) in [4.78, 5) is 11.3. The van der Waals surface area contributed by atoms with Crippen LogP contribution in [0, 0.1) is 13.8 Å². The minimum atomic E-state index is -4.87. The molecule has 4 nitrogen and oxygen atoms in total. The van der Waals surface area contributed by atoms with Crippen LogP contribution in [0.2, 0.25) is 0 Å². The molecule has 0 amide bonds. The summed E-state index contributed by atoms with van der Waals surface area (Å²) in [5, 5.41) is 3.98. The number of Topliss-reactive ketones (excluding diaryl/α,β-unsaturated/α-hetero) is 1. The third-order valence-corrected chi connectivity index (χ3v) is 2.96. The Morgan fingerprint density at radius 1 is 1.30 bits per heavy atom. The van der Waals surface area contributed by atoms with Crippen molar-refractivity contribution in [3.8, 4) is 0 Å². The van der Waals surface area contributed by atoms with Gasteiger partial charge in [-0.05, 0) is 20.3 Å². The monoisotopic (exact) mass is 292 g/mol. The van der Waals surface area contributed by atoms with Gasteiger partial charge in [0, 0.05) is 12.3 Å². The van der Waals surface area contributed by atoms with Gasteiger partial charge in [0.25, 0.3) is 5.78 Å². The third kappa shape index (κ3) is 4.06. The summed E-state index contributed by atoms with van der Waals surface area (Å²) in [6, 6.07) is 0. The van der Waals surface area contributed by atoms with E-state index < -0.39 is 12.0 Å². The molecule has 0 saturated carbocycles. The van der Waals surface area contributed by atoms with Gasteiger partial charge in [-0.2, -0.15) is 18.3 Å². The minimum absolute atomic E-state index is 0.0957. The summed E-state index contributed by atoms with van der Waals surface area (Å²) < 4.78 is 44.2. The average molecular weight is 292 g/mol. The van der Waals surface area contributed by atoms with Crippen LogP contribution in [0.3, 0.4) is 0 Å². The van der Waals surface area contributed by atoms with E-state index in [0.717, 1.165) is 12.8 Å². The molecule has 20 heavy (non-hydrogen) atoms. The van der Waals surface area contributed by atoms with Crippen molar-refractivity contribution in [3.63, 3.8) is 0 Å². The number of ketones is 1. The van der Waals surface area contributed by atoms with Gasteiger partial charge in [-0.15, -0.1) is 0 Å². The number of hydrogen-bond donors (Lipinski definition) is 0. The molecule has 1 aromatic rings. The van der Waals surface area contributed by atoms with Crippen molar-refractivity contribution in [1.82, 2.24) is 9.78 Å². The van der Waals surface area contributed by atoms with Gasteiger partial charge in [0.1, 0.15) is 0 Å². The van der Waals surface area contributed by atoms with Crippen LogP contribution in [-0.4, -0.2) is 35.0 Å². The van der Waals surface area contributed by atoms with Crippen molar-refractivity contribution in [1.29, 1.82) is 0 Å². The summed E-state index contributed by atoms with van der Waals surface area (Å²) in [6.07, 6.45) is -2.92. The molecule has 0 aliphatic rings. The van der Waals surface area contributed by atoms with E-state index in [0.29, 0.717) is 19.8 Å². The molecule has 1 heterocycles. The van der Waals surface area contributed by atoms with E-state index in [1.807, 2.05) is 6.92 Å². The second-order valence-electron chi connectivity index (χ2n) is 4.56. The van der Waals surface area contributed by atoms with Gasteiger partial charge in [-0.1, -0.05) is 13.3 Å². The van der Waals surface area contributed by atoms with Crippen molar-refractivity contribution >= 4 is 5.78 Å². The van der Waals surface area contributed by atoms with Crippen molar-refractivity contribution in [2.24, 2.45) is 0 Å². The van der Waals surface area contributed by atoms with Crippen LogP contribution >= 0.6 is 0 Å². The lowest BCUT2D eigenvalue weighted by Crippen LogP contribution is -2.24. The average Bonchev–Trinajstić information content (AvgIpc) is 2.62. The van der Waals surface area contributed by atoms with Crippen LogP contribution in [0.25, 0.3) is 0 Å². The highest BCUT2D eigenvalue weighted by Crippen LogP contribution is 2.25. The lowest BCUT2D eigenvalue weighted by atomic mass is 10.1. The third-order valence-electron chi connectivity index (χ3n) is 2.96. The molecule has 1 rings (SSSR count). The Morgan fingerprint density at radius 2 is 1.95 bits per heavy atom. The first-order chi connectivity index (χ1) is 9.29. The zero-order valence-corrected chi connectivity index (χ0v) is 11.9. The zero-order chi connectivity index (χ0) is 15.3. The number of alkyl halides is 3. The second-order valence-corrected chi connectivity index (χ2v) is 4.56. The number of carbonyl (C=O) groups is 1. The van der Waals surface area contributed by atoms with Crippen molar-refractivity contribution < 1.29 is 22.7 Å². The first-order valence-corrected chi connectivity index (χ1v) is 6.52. The van der Waals surface area contributed by atoms with E-state index in [-0.39, 0.29) is 17.0 Å². The van der Waals surface area contributed by atoms with Gasteiger partial charge in [-0.25, -0.2) is 0 Å². The number of ether oxygens (including phenoxy) is 1. The topological polar surface area (TPSA) is 44.1 Å². The van der Waals surface area contributed by atoms with E-state index in [9.17, 15) is 18.0 Å². The molecule has 0 atom stereocenters. The summed E-state index contributed by atoms with van der Waals surface area (Å²) in [5.41, 5.74) is -0.0339. The Kier molecular flexibility index (Phi) is 5.74. The van der Waals surface area contributed by atoms with E-state index in [4.69, 9.17) is 4.74 Å². The quantitative estimate of drug-likeness (QED) is 0.573. The molecule has 0 fully saturated rings. The van der Waals surface area contributed by atoms with Gasteiger partial charge in [0.15, 0.2) is 0 Å². The first-order valence-electron chi connectivity index (χ1n) is 6.52. The Hall–Kier alpha value is -1.37. The molecule has 114 valence electrons. The molecule has 1 aromatic heterocycles. The van der Waals surface area contributed by atoms with Crippen molar-refractivity contribution in [2.45, 2.75) is 46.3 Å². The summed E-state index contributed by atoms with van der Waals surface area (Å²) in [6.45, 7) is 6.22. The van der Waals surface area contributed by atoms with Gasteiger partial charge >= 0.3 is 6.18 Å². The highest BCUT2D eigenvalue weighted by molar-refractivity contribution is 6.02. The lowest BCUT2D eigenvalue weighted by Gasteiger charge is -2.07. The van der Waals surface area contributed by atoms with Crippen molar-refractivity contribution in [2.75, 3.05) is 13.2 Å². The molecule has 0 N–H and O–H groups in total. The zero-order valence-electron chi connectivity index (χ0n) is 11.9. The molecule has 0 aliphatic carbocycles. The molecule has 7 heteroatoms. The number of aromatic nitrogens is 2. The fraction of sp³-hybridized carbons (Fsp3) is 0.692. The molecule has 0 aliphatic heterocycles. The fourth-order valence-corrected chi connectivity index (χ4v) is 1.88. The number of aryl methyl sites for hydroxylation is 1. The number of nitrogens with zero attached hydrogens (tertiary/aromatic N) is 2. The number of halogens is 3. The summed E-state index contributed by atoms with van der Waals surface area (Å²) in [7, 11) is 0. The Bertz CT molecular complexity index is 467. The van der Waals surface area contributed by atoms with Crippen LogP contribution in [0.15, 0.2) is 0 Å². The van der Waals surface area contributed by atoms with Crippen LogP contribution < -0.4 is 0 Å². The fourth-order valence-electron chi connectivity index (χ4n) is 1.88. The number of hydrogen-bond acceptors (Lipinski definition) is 3. The minimum Gasteiger partial charge on any atom is -0.380 e. The van der Waals surface area contributed by atoms with Crippen molar-refractivity contribution in [3.05, 3.63) is 17.0 Å². The Labute approximate surface area is 115 Å². The largest absolute Gasteiger partial charge is 0.455 e. The normalized spacial score (nSPS) is 11.9. The van der Waals surface area contributed by atoms with Gasteiger partial charge in [0.2, 0.25) is 0 Å². The van der Waals surface area contributed by atoms with E-state index in [1.165, 1.54) is 18.5 Å². The highest BCUT2D eigenvalue weighted by atomic mass is 19.4. The summed E-state index contributed by atoms with van der Waals surface area (Å²) >= 11 is 0. The molecule has 0 saturated heterocycles. The van der Waals surface area contributed by atoms with Crippen LogP contribution in [0.5, 0.6) is 0 Å². The van der Waals surface area contributed by atoms with E-state index in [1.54, 1.807) is 0 Å². The van der Waals surface area contributed by atoms with Crippen LogP contribution in [0.4, 0.5) is 13.2 Å². The first kappa shape index (κ1) is 16.7. The number of rotatable bonds is 7. The molecular formula is C13H19F3N2O2. The predicted octanol–water partition coefficient (Wildman–Crippen LogP) is 3.06. The van der Waals surface area contributed by atoms with E-state index in [2.05, 4.69) is 5.10 Å². The molecular weight excluding hydrogens is 273 g/mol. The van der Waals surface area contributed by atoms with E-state index >= 15 is 0 Å². The molecule has 0 bridgehead atoms. The number of unbranched alkanes of at least 4 members (excludes halogenated alkanes) is 1. The highest BCUT2D eigenvalue weighted by Gasteiger charge is 2.42. The smallest absolute Gasteiger partial charge is 0.380 e. The van der Waals surface area contributed by atoms with Gasteiger partial charge in [-0.3, -0.25) is 9.48 Å². The van der Waals surface area contributed by atoms with Gasteiger partial charge in [0.05, 0.1) is 24.4 Å². The van der Waals surface area contributed by atoms with Crippen LogP contribution in [-0.2, 0) is 11.3 Å². The predicted molar refractivity (Wildman–Crippen MR) is 67.8 cm³/mol. The maximum atomic E-state index is 12.5. The molecule has 0 aromatic carbocycles.